The van der Waals surface area contributed by atoms with Crippen molar-refractivity contribution in [3.8, 4) is 0 Å². The van der Waals surface area contributed by atoms with Crippen molar-refractivity contribution < 1.29 is 23.1 Å². The maximum absolute atomic E-state index is 10.6. The van der Waals surface area contributed by atoms with Gasteiger partial charge in [0.25, 0.3) is 0 Å². The van der Waals surface area contributed by atoms with E-state index in [1.54, 1.807) is 0 Å². The largest absolute Gasteiger partial charge is 0.490 e. The fraction of sp³-hybridized carbons (Fsp3) is 0.167. The van der Waals surface area contributed by atoms with Gasteiger partial charge in [0.2, 0.25) is 0 Å². The Labute approximate surface area is 107 Å². The highest BCUT2D eigenvalue weighted by Crippen LogP contribution is 2.13. The van der Waals surface area contributed by atoms with Crippen molar-refractivity contribution in [3.05, 3.63) is 48.8 Å². The third-order valence-corrected chi connectivity index (χ3v) is 2.00. The number of aromatic nitrogens is 1. The van der Waals surface area contributed by atoms with Gasteiger partial charge in [0.05, 0.1) is 0 Å². The highest BCUT2D eigenvalue weighted by atomic mass is 19.4. The molecule has 0 bridgehead atoms. The van der Waals surface area contributed by atoms with E-state index in [1.807, 2.05) is 42.7 Å². The van der Waals surface area contributed by atoms with Crippen LogP contribution in [0.2, 0.25) is 0 Å². The van der Waals surface area contributed by atoms with Crippen LogP contribution in [0.25, 0.3) is 0 Å². The van der Waals surface area contributed by atoms with Crippen molar-refractivity contribution in [1.82, 2.24) is 4.98 Å². The molecule has 19 heavy (non-hydrogen) atoms. The maximum atomic E-state index is 10.6. The third kappa shape index (κ3) is 5.24. The van der Waals surface area contributed by atoms with Crippen molar-refractivity contribution in [2.24, 2.45) is 0 Å². The van der Waals surface area contributed by atoms with Crippen LogP contribution in [0.3, 0.4) is 0 Å². The molecular formula is C12H11F3N2O2. The molecule has 2 heterocycles. The van der Waals surface area contributed by atoms with Crippen molar-refractivity contribution in [3.63, 3.8) is 0 Å². The van der Waals surface area contributed by atoms with Gasteiger partial charge < -0.3 is 10.0 Å². The van der Waals surface area contributed by atoms with Crippen LogP contribution in [-0.2, 0) is 4.79 Å². The highest BCUT2D eigenvalue weighted by molar-refractivity contribution is 5.73. The summed E-state index contributed by atoms with van der Waals surface area (Å²) in [6.07, 6.45) is 4.91. The summed E-state index contributed by atoms with van der Waals surface area (Å²) in [6, 6.07) is 5.92. The smallest absolute Gasteiger partial charge is 0.475 e. The first-order valence-corrected chi connectivity index (χ1v) is 5.22. The van der Waals surface area contributed by atoms with E-state index in [1.165, 1.54) is 0 Å². The molecule has 0 radical (unpaired) electrons. The molecule has 0 unspecified atom stereocenters. The van der Waals surface area contributed by atoms with E-state index < -0.39 is 12.1 Å². The molecule has 0 aromatic carbocycles. The minimum absolute atomic E-state index is 0.910. The Morgan fingerprint density at radius 1 is 1.32 bits per heavy atom. The van der Waals surface area contributed by atoms with Gasteiger partial charge >= 0.3 is 12.1 Å². The van der Waals surface area contributed by atoms with Crippen LogP contribution in [0.1, 0.15) is 0 Å². The molecule has 2 rings (SSSR count). The predicted molar refractivity (Wildman–Crippen MR) is 63.6 cm³/mol. The average Bonchev–Trinajstić information content (AvgIpc) is 2.40. The van der Waals surface area contributed by atoms with Crippen LogP contribution in [0.4, 0.5) is 19.0 Å². The van der Waals surface area contributed by atoms with Gasteiger partial charge in [-0.1, -0.05) is 18.2 Å². The minimum atomic E-state index is -5.08. The summed E-state index contributed by atoms with van der Waals surface area (Å²) < 4.78 is 31.7. The van der Waals surface area contributed by atoms with Crippen LogP contribution in [0, 0.1) is 0 Å². The zero-order chi connectivity index (χ0) is 14.3. The molecular weight excluding hydrogens is 261 g/mol. The average molecular weight is 272 g/mol. The monoisotopic (exact) mass is 272 g/mol. The SMILES string of the molecule is C1=CCN(c2ccccn2)C=C1.O=C(O)C(F)(F)F. The number of carboxylic acid groups (broad SMARTS) is 1. The molecule has 0 spiro atoms. The summed E-state index contributed by atoms with van der Waals surface area (Å²) in [4.78, 5) is 15.2. The van der Waals surface area contributed by atoms with Crippen molar-refractivity contribution in [2.45, 2.75) is 6.18 Å². The molecule has 1 aliphatic rings. The van der Waals surface area contributed by atoms with E-state index in [2.05, 4.69) is 16.0 Å². The van der Waals surface area contributed by atoms with E-state index in [9.17, 15) is 13.2 Å². The Balaban J connectivity index is 0.000000224. The second kappa shape index (κ2) is 6.58. The number of carbonyl (C=O) groups is 1. The number of rotatable bonds is 1. The van der Waals surface area contributed by atoms with Gasteiger partial charge in [-0.25, -0.2) is 9.78 Å². The second-order valence-corrected chi connectivity index (χ2v) is 3.41. The molecule has 1 aliphatic heterocycles. The van der Waals surface area contributed by atoms with Crippen LogP contribution < -0.4 is 4.90 Å². The lowest BCUT2D eigenvalue weighted by Crippen LogP contribution is -2.21. The highest BCUT2D eigenvalue weighted by Gasteiger charge is 2.38. The van der Waals surface area contributed by atoms with E-state index in [0.29, 0.717) is 0 Å². The molecule has 7 heteroatoms. The Morgan fingerprint density at radius 2 is 2.00 bits per heavy atom. The molecule has 0 fully saturated rings. The molecule has 0 amide bonds. The summed E-state index contributed by atoms with van der Waals surface area (Å²) in [5.41, 5.74) is 0. The summed E-state index contributed by atoms with van der Waals surface area (Å²) in [6.45, 7) is 0.910. The molecule has 0 saturated carbocycles. The minimum Gasteiger partial charge on any atom is -0.475 e. The third-order valence-electron chi connectivity index (χ3n) is 2.00. The van der Waals surface area contributed by atoms with Gasteiger partial charge in [-0.05, 0) is 18.2 Å². The van der Waals surface area contributed by atoms with Crippen LogP contribution in [0.5, 0.6) is 0 Å². The van der Waals surface area contributed by atoms with E-state index in [4.69, 9.17) is 9.90 Å². The number of alkyl halides is 3. The quantitative estimate of drug-likeness (QED) is 0.853. The summed E-state index contributed by atoms with van der Waals surface area (Å²) >= 11 is 0. The van der Waals surface area contributed by atoms with Gasteiger partial charge in [-0.2, -0.15) is 13.2 Å². The second-order valence-electron chi connectivity index (χ2n) is 3.41. The zero-order valence-corrected chi connectivity index (χ0v) is 9.71. The number of halogens is 3. The molecule has 0 atom stereocenters. The first-order chi connectivity index (χ1) is 8.91. The first-order valence-electron chi connectivity index (χ1n) is 5.22. The Kier molecular flexibility index (Phi) is 5.11. The summed E-state index contributed by atoms with van der Waals surface area (Å²) in [7, 11) is 0. The standard InChI is InChI=1S/C10H10N2.C2HF3O2/c1-4-8-12(9-5-1)10-6-2-3-7-11-10;3-2(4,5)1(6)7/h1-8H,9H2;(H,6,7). The topological polar surface area (TPSA) is 53.4 Å². The van der Waals surface area contributed by atoms with E-state index in [0.717, 1.165) is 12.4 Å². The maximum Gasteiger partial charge on any atom is 0.490 e. The molecule has 1 N–H and O–H groups in total. The number of allylic oxidation sites excluding steroid dienone is 2. The van der Waals surface area contributed by atoms with Gasteiger partial charge in [-0.3, -0.25) is 0 Å². The molecule has 4 nitrogen and oxygen atoms in total. The van der Waals surface area contributed by atoms with Crippen molar-refractivity contribution in [2.75, 3.05) is 11.4 Å². The van der Waals surface area contributed by atoms with Crippen LogP contribution in [-0.4, -0.2) is 28.8 Å². The van der Waals surface area contributed by atoms with Crippen molar-refractivity contribution >= 4 is 11.8 Å². The zero-order valence-electron chi connectivity index (χ0n) is 9.71. The van der Waals surface area contributed by atoms with E-state index in [-0.39, 0.29) is 0 Å². The fourth-order valence-electron chi connectivity index (χ4n) is 1.16. The first kappa shape index (κ1) is 14.7. The van der Waals surface area contributed by atoms with Gasteiger partial charge in [-0.15, -0.1) is 0 Å². The lowest BCUT2D eigenvalue weighted by atomic mass is 10.3. The van der Waals surface area contributed by atoms with Crippen LogP contribution >= 0.6 is 0 Å². The van der Waals surface area contributed by atoms with Gasteiger partial charge in [0, 0.05) is 18.9 Å². The molecule has 0 saturated heterocycles. The van der Waals surface area contributed by atoms with Crippen LogP contribution in [0.15, 0.2) is 48.8 Å². The lowest BCUT2D eigenvalue weighted by Gasteiger charge is -2.18. The number of aliphatic carboxylic acids is 1. The summed E-state index contributed by atoms with van der Waals surface area (Å²) in [5, 5.41) is 7.12. The van der Waals surface area contributed by atoms with Crippen molar-refractivity contribution in [1.29, 1.82) is 0 Å². The van der Waals surface area contributed by atoms with E-state index >= 15 is 0 Å². The number of hydrogen-bond acceptors (Lipinski definition) is 3. The number of hydrogen-bond donors (Lipinski definition) is 1. The Morgan fingerprint density at radius 3 is 2.42 bits per heavy atom. The normalized spacial score (nSPS) is 13.7. The Hall–Kier alpha value is -2.31. The number of anilines is 1. The predicted octanol–water partition coefficient (Wildman–Crippen LogP) is 2.60. The fourth-order valence-corrected chi connectivity index (χ4v) is 1.16. The number of carboxylic acids is 1. The number of pyridine rings is 1. The number of nitrogens with zero attached hydrogens (tertiary/aromatic N) is 2. The molecule has 1 aromatic heterocycles. The molecule has 102 valence electrons. The molecule has 0 aliphatic carbocycles. The van der Waals surface area contributed by atoms with Gasteiger partial charge in [0.1, 0.15) is 5.82 Å². The summed E-state index contributed by atoms with van der Waals surface area (Å²) in [5.74, 6) is -1.76. The molecule has 1 aromatic rings. The lowest BCUT2D eigenvalue weighted by molar-refractivity contribution is -0.192. The Bertz CT molecular complexity index is 470. The van der Waals surface area contributed by atoms with Gasteiger partial charge in [0.15, 0.2) is 0 Å².